The molecular weight excluding hydrogens is 263 g/mol. The number of alkyl halides is 3. The van der Waals surface area contributed by atoms with Crippen molar-refractivity contribution in [2.75, 3.05) is 0 Å². The Labute approximate surface area is 92.2 Å². The van der Waals surface area contributed by atoms with E-state index >= 15 is 0 Å². The van der Waals surface area contributed by atoms with E-state index in [4.69, 9.17) is 4.55 Å². The molecule has 1 aromatic carbocycles. The van der Waals surface area contributed by atoms with Crippen LogP contribution in [-0.4, -0.2) is 28.4 Å². The summed E-state index contributed by atoms with van der Waals surface area (Å²) in [5.41, 5.74) is -2.06. The Hall–Kier alpha value is -1.68. The molecule has 0 atom stereocenters. The van der Waals surface area contributed by atoms with Gasteiger partial charge in [0.25, 0.3) is 10.1 Å². The SMILES string of the molecule is O=S(=O)(O)c1c(C(F)(F)F)ccc2[nH]nnc12. The number of H-pyrrole nitrogens is 1. The second kappa shape index (κ2) is 3.40. The monoisotopic (exact) mass is 267 g/mol. The van der Waals surface area contributed by atoms with Gasteiger partial charge in [-0.05, 0) is 12.1 Å². The molecule has 0 aliphatic rings. The predicted molar refractivity (Wildman–Crippen MR) is 48.7 cm³/mol. The number of hydrogen-bond donors (Lipinski definition) is 2. The smallest absolute Gasteiger partial charge is 0.282 e. The van der Waals surface area contributed by atoms with Gasteiger partial charge < -0.3 is 0 Å². The van der Waals surface area contributed by atoms with Crippen molar-refractivity contribution < 1.29 is 26.1 Å². The normalized spacial score (nSPS) is 13.2. The number of halogens is 3. The van der Waals surface area contributed by atoms with Gasteiger partial charge in [-0.2, -0.15) is 21.6 Å². The van der Waals surface area contributed by atoms with Crippen LogP contribution in [0.15, 0.2) is 17.0 Å². The lowest BCUT2D eigenvalue weighted by Gasteiger charge is -2.10. The Morgan fingerprint density at radius 2 is 1.94 bits per heavy atom. The molecule has 1 aromatic heterocycles. The summed E-state index contributed by atoms with van der Waals surface area (Å²) < 4.78 is 68.5. The van der Waals surface area contributed by atoms with Crippen LogP contribution in [0.1, 0.15) is 5.56 Å². The number of nitrogens with one attached hydrogen (secondary N) is 1. The van der Waals surface area contributed by atoms with Gasteiger partial charge in [0.05, 0.1) is 11.1 Å². The molecule has 10 heteroatoms. The molecule has 0 amide bonds. The van der Waals surface area contributed by atoms with E-state index in [1.54, 1.807) is 0 Å². The van der Waals surface area contributed by atoms with Gasteiger partial charge in [-0.15, -0.1) is 5.10 Å². The van der Waals surface area contributed by atoms with Gasteiger partial charge in [-0.25, -0.2) is 0 Å². The Kier molecular flexibility index (Phi) is 2.36. The lowest BCUT2D eigenvalue weighted by atomic mass is 10.2. The molecule has 0 bridgehead atoms. The Morgan fingerprint density at radius 1 is 1.29 bits per heavy atom. The van der Waals surface area contributed by atoms with Crippen molar-refractivity contribution in [3.05, 3.63) is 17.7 Å². The Morgan fingerprint density at radius 3 is 2.47 bits per heavy atom. The standard InChI is InChI=1S/C7H4F3N3O3S/c8-7(9,10)3-1-2-4-5(12-13-11-4)6(3)17(14,15)16/h1-2H,(H,11,12,13)(H,14,15,16). The molecule has 0 unspecified atom stereocenters. The summed E-state index contributed by atoms with van der Waals surface area (Å²) >= 11 is 0. The van der Waals surface area contributed by atoms with Gasteiger partial charge in [-0.1, -0.05) is 5.21 Å². The highest BCUT2D eigenvalue weighted by molar-refractivity contribution is 7.86. The van der Waals surface area contributed by atoms with Crippen LogP contribution >= 0.6 is 0 Å². The van der Waals surface area contributed by atoms with Crippen molar-refractivity contribution in [3.8, 4) is 0 Å². The van der Waals surface area contributed by atoms with E-state index < -0.39 is 32.3 Å². The first-order valence-electron chi connectivity index (χ1n) is 4.09. The minimum absolute atomic E-state index is 0.0226. The number of rotatable bonds is 1. The summed E-state index contributed by atoms with van der Waals surface area (Å²) in [5.74, 6) is 0. The first-order valence-corrected chi connectivity index (χ1v) is 5.53. The van der Waals surface area contributed by atoms with Crippen molar-refractivity contribution in [2.45, 2.75) is 11.1 Å². The average molecular weight is 267 g/mol. The van der Waals surface area contributed by atoms with Crippen molar-refractivity contribution in [1.29, 1.82) is 0 Å². The number of hydrogen-bond acceptors (Lipinski definition) is 4. The predicted octanol–water partition coefficient (Wildman–Crippen LogP) is 1.22. The summed E-state index contributed by atoms with van der Waals surface area (Å²) in [7, 11) is -5.06. The van der Waals surface area contributed by atoms with E-state index in [9.17, 15) is 21.6 Å². The molecule has 92 valence electrons. The largest absolute Gasteiger partial charge is 0.417 e. The Balaban J connectivity index is 2.95. The molecule has 0 saturated carbocycles. The number of aromatic amines is 1. The summed E-state index contributed by atoms with van der Waals surface area (Å²) in [6.07, 6.45) is -4.92. The molecule has 2 aromatic rings. The van der Waals surface area contributed by atoms with Gasteiger partial charge in [0, 0.05) is 0 Å². The van der Waals surface area contributed by atoms with Crippen LogP contribution in [0.25, 0.3) is 11.0 Å². The highest BCUT2D eigenvalue weighted by Gasteiger charge is 2.38. The first-order chi connectivity index (χ1) is 7.71. The molecular formula is C7H4F3N3O3S. The molecule has 2 rings (SSSR count). The molecule has 2 N–H and O–H groups in total. The molecule has 0 aliphatic carbocycles. The fourth-order valence-electron chi connectivity index (χ4n) is 1.37. The van der Waals surface area contributed by atoms with Crippen LogP contribution in [0.2, 0.25) is 0 Å². The van der Waals surface area contributed by atoms with Gasteiger partial charge in [0.15, 0.2) is 0 Å². The molecule has 17 heavy (non-hydrogen) atoms. The van der Waals surface area contributed by atoms with Gasteiger partial charge in [0.1, 0.15) is 10.4 Å². The minimum atomic E-state index is -5.06. The van der Waals surface area contributed by atoms with Crippen molar-refractivity contribution in [1.82, 2.24) is 15.4 Å². The van der Waals surface area contributed by atoms with Crippen LogP contribution in [0.4, 0.5) is 13.2 Å². The summed E-state index contributed by atoms with van der Waals surface area (Å²) in [6.45, 7) is 0. The number of fused-ring (bicyclic) bond motifs is 1. The van der Waals surface area contributed by atoms with E-state index in [1.165, 1.54) is 0 Å². The third-order valence-corrected chi connectivity index (χ3v) is 2.94. The highest BCUT2D eigenvalue weighted by atomic mass is 32.2. The van der Waals surface area contributed by atoms with Crippen LogP contribution in [0.3, 0.4) is 0 Å². The van der Waals surface area contributed by atoms with Gasteiger partial charge in [0.2, 0.25) is 0 Å². The summed E-state index contributed by atoms with van der Waals surface area (Å²) in [4.78, 5) is -1.30. The molecule has 0 aliphatic heterocycles. The van der Waals surface area contributed by atoms with Gasteiger partial charge in [-0.3, -0.25) is 9.65 Å². The van der Waals surface area contributed by atoms with Crippen LogP contribution < -0.4 is 0 Å². The number of aromatic nitrogens is 3. The van der Waals surface area contributed by atoms with E-state index in [2.05, 4.69) is 15.4 Å². The van der Waals surface area contributed by atoms with E-state index in [1.807, 2.05) is 0 Å². The molecule has 0 spiro atoms. The highest BCUT2D eigenvalue weighted by Crippen LogP contribution is 2.36. The topological polar surface area (TPSA) is 95.9 Å². The number of nitrogens with zero attached hydrogens (tertiary/aromatic N) is 2. The molecule has 0 saturated heterocycles. The second-order valence-electron chi connectivity index (χ2n) is 3.12. The van der Waals surface area contributed by atoms with E-state index in [-0.39, 0.29) is 5.52 Å². The zero-order valence-corrected chi connectivity index (χ0v) is 8.67. The fourth-order valence-corrected chi connectivity index (χ4v) is 2.23. The molecule has 1 heterocycles. The Bertz CT molecular complexity index is 676. The first kappa shape index (κ1) is 11.8. The van der Waals surface area contributed by atoms with Crippen LogP contribution in [-0.2, 0) is 16.3 Å². The van der Waals surface area contributed by atoms with E-state index in [0.717, 1.165) is 6.07 Å². The second-order valence-corrected chi connectivity index (χ2v) is 4.48. The fraction of sp³-hybridized carbons (Fsp3) is 0.143. The maximum absolute atomic E-state index is 12.6. The van der Waals surface area contributed by atoms with Crippen molar-refractivity contribution in [2.24, 2.45) is 0 Å². The maximum Gasteiger partial charge on any atom is 0.417 e. The summed E-state index contributed by atoms with van der Waals surface area (Å²) in [6, 6.07) is 1.51. The third kappa shape index (κ3) is 1.96. The quantitative estimate of drug-likeness (QED) is 0.757. The van der Waals surface area contributed by atoms with Crippen molar-refractivity contribution in [3.63, 3.8) is 0 Å². The molecule has 0 fully saturated rings. The lowest BCUT2D eigenvalue weighted by molar-refractivity contribution is -0.139. The molecule has 6 nitrogen and oxygen atoms in total. The summed E-state index contributed by atoms with van der Waals surface area (Å²) in [5, 5.41) is 8.60. The van der Waals surface area contributed by atoms with Crippen LogP contribution in [0, 0.1) is 0 Å². The zero-order chi connectivity index (χ0) is 12.8. The third-order valence-electron chi connectivity index (χ3n) is 2.02. The van der Waals surface area contributed by atoms with Crippen LogP contribution in [0.5, 0.6) is 0 Å². The van der Waals surface area contributed by atoms with Crippen molar-refractivity contribution >= 4 is 21.2 Å². The molecule has 0 radical (unpaired) electrons. The maximum atomic E-state index is 12.6. The average Bonchev–Trinajstić information content (AvgIpc) is 2.59. The lowest BCUT2D eigenvalue weighted by Crippen LogP contribution is -2.13. The minimum Gasteiger partial charge on any atom is -0.282 e. The van der Waals surface area contributed by atoms with E-state index in [0.29, 0.717) is 6.07 Å². The number of benzene rings is 1. The zero-order valence-electron chi connectivity index (χ0n) is 7.85. The van der Waals surface area contributed by atoms with Gasteiger partial charge >= 0.3 is 6.18 Å².